The minimum Gasteiger partial charge on any atom is -0.481 e. The molecule has 0 amide bonds. The van der Waals surface area contributed by atoms with E-state index in [1.54, 1.807) is 36.2 Å². The van der Waals surface area contributed by atoms with Gasteiger partial charge in [0.25, 0.3) is 0 Å². The Morgan fingerprint density at radius 3 is 2.83 bits per heavy atom. The number of carboxylic acids is 1. The molecule has 5 heteroatoms. The van der Waals surface area contributed by atoms with Crippen molar-refractivity contribution in [3.63, 3.8) is 0 Å². The highest BCUT2D eigenvalue weighted by atomic mass is 32.2. The largest absolute Gasteiger partial charge is 0.481 e. The number of aromatic nitrogens is 1. The lowest BCUT2D eigenvalue weighted by Gasteiger charge is -2.10. The van der Waals surface area contributed by atoms with Crippen LogP contribution in [0.15, 0.2) is 39.0 Å². The third kappa shape index (κ3) is 2.91. The smallest absolute Gasteiger partial charge is 0.310 e. The van der Waals surface area contributed by atoms with Crippen LogP contribution in [-0.2, 0) is 4.79 Å². The van der Waals surface area contributed by atoms with Crippen LogP contribution in [0.3, 0.4) is 0 Å². The van der Waals surface area contributed by atoms with Crippen molar-refractivity contribution in [3.8, 4) is 0 Å². The average molecular weight is 279 g/mol. The van der Waals surface area contributed by atoms with Crippen LogP contribution in [0.1, 0.15) is 24.0 Å². The first-order valence-electron chi connectivity index (χ1n) is 5.48. The van der Waals surface area contributed by atoms with Gasteiger partial charge in [-0.3, -0.25) is 4.79 Å². The van der Waals surface area contributed by atoms with Gasteiger partial charge in [0, 0.05) is 16.5 Å². The van der Waals surface area contributed by atoms with Gasteiger partial charge < -0.3 is 5.11 Å². The molecule has 0 aliphatic heterocycles. The number of carbonyl (C=O) groups is 1. The summed E-state index contributed by atoms with van der Waals surface area (Å²) in [5.41, 5.74) is 1.92. The number of benzene rings is 1. The van der Waals surface area contributed by atoms with Crippen LogP contribution in [0.5, 0.6) is 0 Å². The zero-order valence-electron chi connectivity index (χ0n) is 10.1. The Morgan fingerprint density at radius 2 is 2.28 bits per heavy atom. The summed E-state index contributed by atoms with van der Waals surface area (Å²) in [5, 5.41) is 10.9. The molecule has 2 rings (SSSR count). The van der Waals surface area contributed by atoms with E-state index in [4.69, 9.17) is 5.11 Å². The van der Waals surface area contributed by atoms with Gasteiger partial charge >= 0.3 is 5.97 Å². The number of nitrogens with zero attached hydrogens (tertiary/aromatic N) is 1. The summed E-state index contributed by atoms with van der Waals surface area (Å²) < 4.78 is 0.997. The second-order valence-electron chi connectivity index (χ2n) is 3.98. The zero-order chi connectivity index (χ0) is 13.1. The lowest BCUT2D eigenvalue weighted by atomic mass is 10.00. The van der Waals surface area contributed by atoms with E-state index in [0.717, 1.165) is 20.4 Å². The van der Waals surface area contributed by atoms with E-state index in [-0.39, 0.29) is 0 Å². The molecule has 0 fully saturated rings. The number of aliphatic carboxylic acids is 1. The Bertz CT molecular complexity index is 552. The Balaban J connectivity index is 2.22. The maximum atomic E-state index is 10.9. The van der Waals surface area contributed by atoms with Gasteiger partial charge in [-0.1, -0.05) is 23.9 Å². The van der Waals surface area contributed by atoms with E-state index in [2.05, 4.69) is 4.98 Å². The highest BCUT2D eigenvalue weighted by Gasteiger charge is 2.14. The van der Waals surface area contributed by atoms with E-state index < -0.39 is 11.9 Å². The highest BCUT2D eigenvalue weighted by molar-refractivity contribution is 8.01. The Morgan fingerprint density at radius 1 is 1.50 bits per heavy atom. The first-order valence-corrected chi connectivity index (χ1v) is 7.18. The van der Waals surface area contributed by atoms with E-state index in [1.165, 1.54) is 0 Å². The number of aryl methyl sites for hydroxylation is 1. The summed E-state index contributed by atoms with van der Waals surface area (Å²) in [5.74, 6) is -1.27. The van der Waals surface area contributed by atoms with Gasteiger partial charge in [0.15, 0.2) is 4.34 Å². The fourth-order valence-corrected chi connectivity index (χ4v) is 3.20. The standard InChI is InChI=1S/C13H13NO2S2/c1-8-7-10(9(2)12(15)16)3-4-11(8)18-13-14-5-6-17-13/h3-7,9H,1-2H3,(H,15,16). The number of thiazole rings is 1. The topological polar surface area (TPSA) is 50.2 Å². The number of hydrogen-bond acceptors (Lipinski definition) is 4. The zero-order valence-corrected chi connectivity index (χ0v) is 11.7. The van der Waals surface area contributed by atoms with Gasteiger partial charge in [0.1, 0.15) is 0 Å². The quantitative estimate of drug-likeness (QED) is 0.925. The molecule has 1 unspecified atom stereocenters. The van der Waals surface area contributed by atoms with Crippen molar-refractivity contribution in [1.82, 2.24) is 4.98 Å². The van der Waals surface area contributed by atoms with Crippen molar-refractivity contribution in [2.24, 2.45) is 0 Å². The Kier molecular flexibility index (Phi) is 4.04. The third-order valence-corrected chi connectivity index (χ3v) is 4.74. The highest BCUT2D eigenvalue weighted by Crippen LogP contribution is 2.32. The molecule has 0 aliphatic carbocycles. The van der Waals surface area contributed by atoms with Crippen molar-refractivity contribution >= 4 is 29.1 Å². The molecule has 1 aromatic carbocycles. The van der Waals surface area contributed by atoms with Crippen molar-refractivity contribution in [2.45, 2.75) is 29.0 Å². The molecule has 0 bridgehead atoms. The maximum absolute atomic E-state index is 10.9. The van der Waals surface area contributed by atoms with Crippen LogP contribution in [0.4, 0.5) is 0 Å². The maximum Gasteiger partial charge on any atom is 0.310 e. The summed E-state index contributed by atoms with van der Waals surface area (Å²) in [6.07, 6.45) is 1.78. The molecule has 1 heterocycles. The molecule has 1 aromatic heterocycles. The summed E-state index contributed by atoms with van der Waals surface area (Å²) in [7, 11) is 0. The number of rotatable bonds is 4. The van der Waals surface area contributed by atoms with Crippen LogP contribution in [-0.4, -0.2) is 16.1 Å². The first-order chi connectivity index (χ1) is 8.58. The Labute approximate surface area is 114 Å². The molecule has 0 saturated carbocycles. The summed E-state index contributed by atoms with van der Waals surface area (Å²) in [6.45, 7) is 3.69. The molecule has 94 valence electrons. The molecule has 1 N–H and O–H groups in total. The minimum atomic E-state index is -0.797. The van der Waals surface area contributed by atoms with Crippen molar-refractivity contribution in [1.29, 1.82) is 0 Å². The predicted molar refractivity (Wildman–Crippen MR) is 73.5 cm³/mol. The Hall–Kier alpha value is -1.33. The molecule has 2 aromatic rings. The molecular formula is C13H13NO2S2. The van der Waals surface area contributed by atoms with Crippen LogP contribution in [0.25, 0.3) is 0 Å². The molecule has 0 saturated heterocycles. The summed E-state index contributed by atoms with van der Waals surface area (Å²) in [4.78, 5) is 16.3. The third-order valence-electron chi connectivity index (χ3n) is 2.68. The molecule has 0 aliphatic rings. The molecule has 3 nitrogen and oxygen atoms in total. The summed E-state index contributed by atoms with van der Waals surface area (Å²) in [6, 6.07) is 5.78. The number of carboxylic acid groups (broad SMARTS) is 1. The van der Waals surface area contributed by atoms with Gasteiger partial charge in [0.2, 0.25) is 0 Å². The normalized spacial score (nSPS) is 12.3. The molecule has 0 spiro atoms. The van der Waals surface area contributed by atoms with Crippen molar-refractivity contribution in [2.75, 3.05) is 0 Å². The summed E-state index contributed by atoms with van der Waals surface area (Å²) >= 11 is 3.21. The van der Waals surface area contributed by atoms with Crippen molar-refractivity contribution < 1.29 is 9.90 Å². The van der Waals surface area contributed by atoms with Gasteiger partial charge in [-0.2, -0.15) is 0 Å². The van der Waals surface area contributed by atoms with Gasteiger partial charge in [-0.25, -0.2) is 4.98 Å². The lowest BCUT2D eigenvalue weighted by molar-refractivity contribution is -0.138. The molecular weight excluding hydrogens is 266 g/mol. The first kappa shape index (κ1) is 13.1. The van der Waals surface area contributed by atoms with Crippen LogP contribution in [0, 0.1) is 6.92 Å². The molecule has 1 atom stereocenters. The second kappa shape index (κ2) is 5.54. The van der Waals surface area contributed by atoms with Gasteiger partial charge in [-0.05, 0) is 31.0 Å². The fourth-order valence-electron chi connectivity index (χ4n) is 1.55. The van der Waals surface area contributed by atoms with E-state index in [1.807, 2.05) is 30.5 Å². The predicted octanol–water partition coefficient (Wildman–Crippen LogP) is 3.79. The van der Waals surface area contributed by atoms with E-state index in [9.17, 15) is 4.79 Å². The van der Waals surface area contributed by atoms with Crippen molar-refractivity contribution in [3.05, 3.63) is 40.9 Å². The van der Waals surface area contributed by atoms with Crippen LogP contribution in [0.2, 0.25) is 0 Å². The van der Waals surface area contributed by atoms with Crippen LogP contribution >= 0.6 is 23.1 Å². The minimum absolute atomic E-state index is 0.470. The van der Waals surface area contributed by atoms with E-state index in [0.29, 0.717) is 0 Å². The second-order valence-corrected chi connectivity index (χ2v) is 6.17. The fraction of sp³-hybridized carbons (Fsp3) is 0.231. The number of hydrogen-bond donors (Lipinski definition) is 1. The van der Waals surface area contributed by atoms with Gasteiger partial charge in [-0.15, -0.1) is 11.3 Å². The lowest BCUT2D eigenvalue weighted by Crippen LogP contribution is -2.07. The van der Waals surface area contributed by atoms with E-state index >= 15 is 0 Å². The monoisotopic (exact) mass is 279 g/mol. The molecule has 0 radical (unpaired) electrons. The van der Waals surface area contributed by atoms with Gasteiger partial charge in [0.05, 0.1) is 5.92 Å². The van der Waals surface area contributed by atoms with Crippen LogP contribution < -0.4 is 0 Å². The molecule has 18 heavy (non-hydrogen) atoms. The average Bonchev–Trinajstić information content (AvgIpc) is 2.83. The SMILES string of the molecule is Cc1cc(C(C)C(=O)O)ccc1Sc1nccs1.